The second-order valence-electron chi connectivity index (χ2n) is 6.25. The zero-order chi connectivity index (χ0) is 21.2. The van der Waals surface area contributed by atoms with Gasteiger partial charge in [0, 0.05) is 10.7 Å². The topological polar surface area (TPSA) is 64.4 Å². The van der Waals surface area contributed by atoms with Gasteiger partial charge in [-0.3, -0.25) is 4.79 Å². The lowest BCUT2D eigenvalue weighted by atomic mass is 10.1. The summed E-state index contributed by atoms with van der Waals surface area (Å²) < 4.78 is 49.0. The maximum atomic E-state index is 12.8. The zero-order valence-electron chi connectivity index (χ0n) is 15.4. The van der Waals surface area contributed by atoms with Gasteiger partial charge in [0.05, 0.1) is 11.1 Å². The van der Waals surface area contributed by atoms with E-state index in [2.05, 4.69) is 10.5 Å². The number of hydrogen-bond acceptors (Lipinski definition) is 4. The molecule has 0 radical (unpaired) electrons. The normalized spacial score (nSPS) is 11.4. The van der Waals surface area contributed by atoms with Gasteiger partial charge in [-0.2, -0.15) is 13.2 Å². The van der Waals surface area contributed by atoms with E-state index in [1.807, 2.05) is 0 Å². The number of carbonyl (C=O) groups excluding carboxylic acids is 1. The Balaban J connectivity index is 1.78. The molecule has 1 heterocycles. The lowest BCUT2D eigenvalue weighted by molar-refractivity contribution is -0.137. The van der Waals surface area contributed by atoms with Gasteiger partial charge in [-0.1, -0.05) is 28.9 Å². The number of anilines is 1. The van der Waals surface area contributed by atoms with E-state index in [1.165, 1.54) is 12.1 Å². The number of hydrogen-bond donors (Lipinski definition) is 1. The van der Waals surface area contributed by atoms with Crippen LogP contribution in [-0.4, -0.2) is 11.1 Å². The van der Waals surface area contributed by atoms with E-state index in [0.717, 1.165) is 12.1 Å². The van der Waals surface area contributed by atoms with E-state index in [0.29, 0.717) is 27.6 Å². The third-order valence-electron chi connectivity index (χ3n) is 4.26. The molecule has 0 aliphatic rings. The van der Waals surface area contributed by atoms with Crippen LogP contribution < -0.4 is 10.1 Å². The standard InChI is InChI=1S/C20H16ClF3N2O3/c1-11-16(21)7-4-8-17(11)25-19(27)18-15(12(2)29-26-18)10-28-14-6-3-5-13(9-14)20(22,23)24/h3-9H,10H2,1-2H3,(H,25,27). The van der Waals surface area contributed by atoms with E-state index >= 15 is 0 Å². The number of rotatable bonds is 5. The first-order chi connectivity index (χ1) is 13.7. The number of nitrogens with zero attached hydrogens (tertiary/aromatic N) is 1. The highest BCUT2D eigenvalue weighted by Gasteiger charge is 2.30. The average molecular weight is 425 g/mol. The van der Waals surface area contributed by atoms with Gasteiger partial charge >= 0.3 is 6.18 Å². The van der Waals surface area contributed by atoms with Gasteiger partial charge in [0.1, 0.15) is 18.1 Å². The summed E-state index contributed by atoms with van der Waals surface area (Å²) >= 11 is 6.06. The van der Waals surface area contributed by atoms with Crippen molar-refractivity contribution in [2.24, 2.45) is 0 Å². The van der Waals surface area contributed by atoms with Gasteiger partial charge in [0.2, 0.25) is 0 Å². The average Bonchev–Trinajstić information content (AvgIpc) is 3.04. The van der Waals surface area contributed by atoms with Crippen molar-refractivity contribution in [2.75, 3.05) is 5.32 Å². The third-order valence-corrected chi connectivity index (χ3v) is 4.67. The highest BCUT2D eigenvalue weighted by Crippen LogP contribution is 2.31. The Morgan fingerprint density at radius 3 is 2.66 bits per heavy atom. The molecule has 1 N–H and O–H groups in total. The molecule has 0 aliphatic heterocycles. The number of carbonyl (C=O) groups is 1. The summed E-state index contributed by atoms with van der Waals surface area (Å²) in [5, 5.41) is 6.94. The van der Waals surface area contributed by atoms with Crippen LogP contribution in [0.5, 0.6) is 5.75 Å². The predicted molar refractivity (Wildman–Crippen MR) is 101 cm³/mol. The number of alkyl halides is 3. The predicted octanol–water partition coefficient (Wildman–Crippen LogP) is 5.79. The summed E-state index contributed by atoms with van der Waals surface area (Å²) in [4.78, 5) is 12.6. The second kappa shape index (κ2) is 8.16. The van der Waals surface area contributed by atoms with Crippen molar-refractivity contribution < 1.29 is 27.2 Å². The second-order valence-corrected chi connectivity index (χ2v) is 6.65. The van der Waals surface area contributed by atoms with Crippen LogP contribution in [0, 0.1) is 13.8 Å². The molecule has 0 fully saturated rings. The molecule has 5 nitrogen and oxygen atoms in total. The molecule has 2 aromatic carbocycles. The fraction of sp³-hybridized carbons (Fsp3) is 0.200. The zero-order valence-corrected chi connectivity index (χ0v) is 16.2. The van der Waals surface area contributed by atoms with E-state index < -0.39 is 17.6 Å². The summed E-state index contributed by atoms with van der Waals surface area (Å²) in [6.07, 6.45) is -4.48. The van der Waals surface area contributed by atoms with Gasteiger partial charge in [-0.25, -0.2) is 0 Å². The van der Waals surface area contributed by atoms with Crippen molar-refractivity contribution in [3.63, 3.8) is 0 Å². The van der Waals surface area contributed by atoms with Crippen LogP contribution in [0.2, 0.25) is 5.02 Å². The van der Waals surface area contributed by atoms with Crippen LogP contribution in [0.1, 0.15) is 32.9 Å². The highest BCUT2D eigenvalue weighted by molar-refractivity contribution is 6.31. The SMILES string of the molecule is Cc1onc(C(=O)Nc2cccc(Cl)c2C)c1COc1cccc(C(F)(F)F)c1. The molecule has 0 bridgehead atoms. The van der Waals surface area contributed by atoms with E-state index in [9.17, 15) is 18.0 Å². The molecule has 1 amide bonds. The number of aromatic nitrogens is 1. The first-order valence-corrected chi connectivity index (χ1v) is 8.86. The van der Waals surface area contributed by atoms with Crippen LogP contribution in [0.4, 0.5) is 18.9 Å². The smallest absolute Gasteiger partial charge is 0.416 e. The first-order valence-electron chi connectivity index (χ1n) is 8.48. The maximum absolute atomic E-state index is 12.8. The molecule has 29 heavy (non-hydrogen) atoms. The largest absolute Gasteiger partial charge is 0.489 e. The van der Waals surface area contributed by atoms with Crippen LogP contribution in [0.15, 0.2) is 47.0 Å². The molecule has 0 saturated carbocycles. The van der Waals surface area contributed by atoms with Gasteiger partial charge in [0.15, 0.2) is 5.69 Å². The van der Waals surface area contributed by atoms with E-state index in [1.54, 1.807) is 32.0 Å². The Morgan fingerprint density at radius 1 is 1.21 bits per heavy atom. The van der Waals surface area contributed by atoms with Crippen molar-refractivity contribution in [3.05, 3.63) is 75.6 Å². The summed E-state index contributed by atoms with van der Waals surface area (Å²) in [6, 6.07) is 9.55. The van der Waals surface area contributed by atoms with Crippen LogP contribution in [0.25, 0.3) is 0 Å². The molecule has 9 heteroatoms. The van der Waals surface area contributed by atoms with Crippen molar-refractivity contribution in [1.82, 2.24) is 5.16 Å². The minimum Gasteiger partial charge on any atom is -0.489 e. The van der Waals surface area contributed by atoms with E-state index in [-0.39, 0.29) is 18.1 Å². The van der Waals surface area contributed by atoms with Crippen molar-refractivity contribution >= 4 is 23.2 Å². The molecule has 0 atom stereocenters. The van der Waals surface area contributed by atoms with Crippen molar-refractivity contribution in [3.8, 4) is 5.75 Å². The summed E-state index contributed by atoms with van der Waals surface area (Å²) in [5.74, 6) is -0.211. The fourth-order valence-corrected chi connectivity index (χ4v) is 2.76. The van der Waals surface area contributed by atoms with Crippen molar-refractivity contribution in [1.29, 1.82) is 0 Å². The monoisotopic (exact) mass is 424 g/mol. The number of halogens is 4. The number of nitrogens with one attached hydrogen (secondary N) is 1. The number of amides is 1. The molecule has 1 aromatic heterocycles. The maximum Gasteiger partial charge on any atom is 0.416 e. The third kappa shape index (κ3) is 4.71. The Kier molecular flexibility index (Phi) is 5.83. The van der Waals surface area contributed by atoms with Crippen molar-refractivity contribution in [2.45, 2.75) is 26.6 Å². The quantitative estimate of drug-likeness (QED) is 0.562. The molecule has 0 spiro atoms. The van der Waals surface area contributed by atoms with Gasteiger partial charge in [0.25, 0.3) is 5.91 Å². The molecular formula is C20H16ClF3N2O3. The Labute approximate surface area is 169 Å². The molecule has 3 rings (SSSR count). The summed E-state index contributed by atoms with van der Waals surface area (Å²) in [5.41, 5.74) is 0.678. The van der Waals surface area contributed by atoms with Crippen LogP contribution >= 0.6 is 11.6 Å². The minimum atomic E-state index is -4.48. The number of ether oxygens (including phenoxy) is 1. The molecule has 0 aliphatic carbocycles. The Morgan fingerprint density at radius 2 is 1.93 bits per heavy atom. The van der Waals surface area contributed by atoms with Gasteiger partial charge in [-0.05, 0) is 49.7 Å². The Hall–Kier alpha value is -3.00. The number of aryl methyl sites for hydroxylation is 1. The van der Waals surface area contributed by atoms with Crippen LogP contribution in [-0.2, 0) is 12.8 Å². The molecule has 0 unspecified atom stereocenters. The minimum absolute atomic E-state index is 0.0115. The summed E-state index contributed by atoms with van der Waals surface area (Å²) in [6.45, 7) is 3.15. The lowest BCUT2D eigenvalue weighted by Crippen LogP contribution is -2.16. The highest BCUT2D eigenvalue weighted by atomic mass is 35.5. The van der Waals surface area contributed by atoms with E-state index in [4.69, 9.17) is 20.9 Å². The molecule has 0 saturated heterocycles. The summed E-state index contributed by atoms with van der Waals surface area (Å²) in [7, 11) is 0. The molecule has 152 valence electrons. The molecular weight excluding hydrogens is 409 g/mol. The first kappa shape index (κ1) is 20.7. The van der Waals surface area contributed by atoms with Gasteiger partial charge in [-0.15, -0.1) is 0 Å². The van der Waals surface area contributed by atoms with Crippen LogP contribution in [0.3, 0.4) is 0 Å². The number of benzene rings is 2. The molecule has 3 aromatic rings. The fourth-order valence-electron chi connectivity index (χ4n) is 2.58. The lowest BCUT2D eigenvalue weighted by Gasteiger charge is -2.11. The van der Waals surface area contributed by atoms with Gasteiger partial charge < -0.3 is 14.6 Å². The Bertz CT molecular complexity index is 1050.